The van der Waals surface area contributed by atoms with Gasteiger partial charge in [0.2, 0.25) is 0 Å². The number of likely N-dealkylation sites (N-methyl/N-ethyl adjacent to an activating group) is 1. The van der Waals surface area contributed by atoms with Crippen molar-refractivity contribution in [2.75, 3.05) is 20.3 Å². The Morgan fingerprint density at radius 3 is 2.71 bits per heavy atom. The molecule has 1 unspecified atom stereocenters. The Morgan fingerprint density at radius 2 is 2.18 bits per heavy atom. The van der Waals surface area contributed by atoms with Gasteiger partial charge in [-0.15, -0.1) is 0 Å². The Morgan fingerprint density at radius 1 is 1.47 bits per heavy atom. The highest BCUT2D eigenvalue weighted by atomic mass is 35.5. The molecule has 0 amide bonds. The molecular formula is C12H22ClN3O. The standard InChI is InChI=1S/C12H22ClN3O/c1-5-14-10(8-17-4)7-11-12(13)9(3)15-16(11)6-2/h10,14H,5-8H2,1-4H3. The summed E-state index contributed by atoms with van der Waals surface area (Å²) in [6.07, 6.45) is 0.842. The minimum atomic E-state index is 0.281. The second kappa shape index (κ2) is 6.99. The highest BCUT2D eigenvalue weighted by Gasteiger charge is 2.17. The molecule has 0 fully saturated rings. The molecule has 1 aromatic heterocycles. The van der Waals surface area contributed by atoms with Crippen LogP contribution < -0.4 is 5.32 Å². The van der Waals surface area contributed by atoms with E-state index < -0.39 is 0 Å². The first kappa shape index (κ1) is 14.5. The van der Waals surface area contributed by atoms with Crippen LogP contribution >= 0.6 is 11.6 Å². The number of halogens is 1. The second-order valence-electron chi connectivity index (χ2n) is 4.08. The van der Waals surface area contributed by atoms with E-state index in [1.165, 1.54) is 0 Å². The molecule has 5 heteroatoms. The lowest BCUT2D eigenvalue weighted by Gasteiger charge is -2.17. The lowest BCUT2D eigenvalue weighted by molar-refractivity contribution is 0.166. The molecule has 0 saturated heterocycles. The summed E-state index contributed by atoms with van der Waals surface area (Å²) in [4.78, 5) is 0. The number of hydrogen-bond acceptors (Lipinski definition) is 3. The minimum Gasteiger partial charge on any atom is -0.383 e. The normalized spacial score (nSPS) is 13.0. The van der Waals surface area contributed by atoms with Crippen LogP contribution in [-0.4, -0.2) is 36.1 Å². The van der Waals surface area contributed by atoms with Gasteiger partial charge in [-0.1, -0.05) is 18.5 Å². The van der Waals surface area contributed by atoms with Crippen molar-refractivity contribution in [1.82, 2.24) is 15.1 Å². The molecule has 0 bridgehead atoms. The predicted molar refractivity (Wildman–Crippen MR) is 70.7 cm³/mol. The summed E-state index contributed by atoms with van der Waals surface area (Å²) in [6, 6.07) is 0.281. The van der Waals surface area contributed by atoms with Gasteiger partial charge in [-0.3, -0.25) is 4.68 Å². The summed E-state index contributed by atoms with van der Waals surface area (Å²) in [6.45, 7) is 8.55. The van der Waals surface area contributed by atoms with E-state index in [0.29, 0.717) is 6.61 Å². The molecule has 0 saturated carbocycles. The number of rotatable bonds is 7. The molecule has 17 heavy (non-hydrogen) atoms. The molecule has 4 nitrogen and oxygen atoms in total. The number of aromatic nitrogens is 2. The molecule has 0 aromatic carbocycles. The fourth-order valence-electron chi connectivity index (χ4n) is 1.98. The first-order chi connectivity index (χ1) is 8.13. The van der Waals surface area contributed by atoms with Crippen LogP contribution in [0, 0.1) is 6.92 Å². The van der Waals surface area contributed by atoms with Crippen LogP contribution in [0.5, 0.6) is 0 Å². The Bertz CT molecular complexity index is 346. The Hall–Kier alpha value is -0.580. The van der Waals surface area contributed by atoms with Crippen molar-refractivity contribution < 1.29 is 4.74 Å². The predicted octanol–water partition coefficient (Wildman–Crippen LogP) is 2.03. The zero-order valence-electron chi connectivity index (χ0n) is 11.1. The van der Waals surface area contributed by atoms with Gasteiger partial charge in [-0.2, -0.15) is 5.10 Å². The molecule has 0 spiro atoms. The van der Waals surface area contributed by atoms with E-state index in [2.05, 4.69) is 24.3 Å². The Kier molecular flexibility index (Phi) is 5.95. The maximum atomic E-state index is 6.29. The van der Waals surface area contributed by atoms with Crippen LogP contribution in [0.2, 0.25) is 5.02 Å². The van der Waals surface area contributed by atoms with Gasteiger partial charge in [0, 0.05) is 26.1 Å². The zero-order valence-corrected chi connectivity index (χ0v) is 11.8. The molecule has 0 aliphatic rings. The van der Waals surface area contributed by atoms with E-state index in [-0.39, 0.29) is 6.04 Å². The van der Waals surface area contributed by atoms with Crippen LogP contribution in [0.15, 0.2) is 0 Å². The molecule has 0 aliphatic carbocycles. The fourth-order valence-corrected chi connectivity index (χ4v) is 2.19. The molecule has 1 rings (SSSR count). The van der Waals surface area contributed by atoms with E-state index in [1.54, 1.807) is 7.11 Å². The summed E-state index contributed by atoms with van der Waals surface area (Å²) in [5, 5.41) is 8.60. The van der Waals surface area contributed by atoms with E-state index in [4.69, 9.17) is 16.3 Å². The lowest BCUT2D eigenvalue weighted by atomic mass is 10.1. The fraction of sp³-hybridized carbons (Fsp3) is 0.750. The van der Waals surface area contributed by atoms with E-state index in [9.17, 15) is 0 Å². The quantitative estimate of drug-likeness (QED) is 0.815. The van der Waals surface area contributed by atoms with Crippen LogP contribution in [0.4, 0.5) is 0 Å². The van der Waals surface area contributed by atoms with Gasteiger partial charge < -0.3 is 10.1 Å². The van der Waals surface area contributed by atoms with Crippen molar-refractivity contribution in [2.45, 2.75) is 39.8 Å². The SMILES string of the molecule is CCNC(COC)Cc1c(Cl)c(C)nn1CC. The second-order valence-corrected chi connectivity index (χ2v) is 4.45. The van der Waals surface area contributed by atoms with Crippen molar-refractivity contribution in [3.63, 3.8) is 0 Å². The van der Waals surface area contributed by atoms with E-state index >= 15 is 0 Å². The van der Waals surface area contributed by atoms with Gasteiger partial charge in [0.15, 0.2) is 0 Å². The summed E-state index contributed by atoms with van der Waals surface area (Å²) in [5.41, 5.74) is 1.99. The molecule has 1 atom stereocenters. The molecule has 0 aliphatic heterocycles. The molecule has 1 aromatic rings. The molecule has 98 valence electrons. The third kappa shape index (κ3) is 3.69. The van der Waals surface area contributed by atoms with Crippen LogP contribution in [0.3, 0.4) is 0 Å². The van der Waals surface area contributed by atoms with E-state index in [0.717, 1.165) is 35.9 Å². The molecular weight excluding hydrogens is 238 g/mol. The molecule has 1 heterocycles. The smallest absolute Gasteiger partial charge is 0.0847 e. The third-order valence-corrected chi connectivity index (χ3v) is 3.24. The van der Waals surface area contributed by atoms with Crippen molar-refractivity contribution in [2.24, 2.45) is 0 Å². The van der Waals surface area contributed by atoms with Crippen molar-refractivity contribution in [3.8, 4) is 0 Å². The summed E-state index contributed by atoms with van der Waals surface area (Å²) in [7, 11) is 1.72. The van der Waals surface area contributed by atoms with Gasteiger partial charge >= 0.3 is 0 Å². The number of methoxy groups -OCH3 is 1. The first-order valence-electron chi connectivity index (χ1n) is 6.08. The number of aryl methyl sites for hydroxylation is 2. The average molecular weight is 260 g/mol. The largest absolute Gasteiger partial charge is 0.383 e. The van der Waals surface area contributed by atoms with Gasteiger partial charge in [-0.25, -0.2) is 0 Å². The van der Waals surface area contributed by atoms with Gasteiger partial charge in [0.05, 0.1) is 23.0 Å². The van der Waals surface area contributed by atoms with Crippen molar-refractivity contribution in [1.29, 1.82) is 0 Å². The molecule has 0 radical (unpaired) electrons. The van der Waals surface area contributed by atoms with Crippen LogP contribution in [0.1, 0.15) is 25.2 Å². The topological polar surface area (TPSA) is 39.1 Å². The first-order valence-corrected chi connectivity index (χ1v) is 6.45. The van der Waals surface area contributed by atoms with Gasteiger partial charge in [0.25, 0.3) is 0 Å². The summed E-state index contributed by atoms with van der Waals surface area (Å²) < 4.78 is 7.18. The number of nitrogens with one attached hydrogen (secondary N) is 1. The third-order valence-electron chi connectivity index (χ3n) is 2.75. The summed E-state index contributed by atoms with van der Waals surface area (Å²) >= 11 is 6.29. The van der Waals surface area contributed by atoms with Crippen LogP contribution in [-0.2, 0) is 17.7 Å². The zero-order chi connectivity index (χ0) is 12.8. The summed E-state index contributed by atoms with van der Waals surface area (Å²) in [5.74, 6) is 0. The maximum absolute atomic E-state index is 6.29. The van der Waals surface area contributed by atoms with Gasteiger partial charge in [-0.05, 0) is 20.4 Å². The number of ether oxygens (including phenoxy) is 1. The molecule has 1 N–H and O–H groups in total. The number of hydrogen-bond donors (Lipinski definition) is 1. The van der Waals surface area contributed by atoms with Crippen molar-refractivity contribution in [3.05, 3.63) is 16.4 Å². The average Bonchev–Trinajstić information content (AvgIpc) is 2.57. The Labute approximate surface area is 108 Å². The van der Waals surface area contributed by atoms with Crippen LogP contribution in [0.25, 0.3) is 0 Å². The van der Waals surface area contributed by atoms with Crippen molar-refractivity contribution >= 4 is 11.6 Å². The number of nitrogens with zero attached hydrogens (tertiary/aromatic N) is 2. The highest BCUT2D eigenvalue weighted by molar-refractivity contribution is 6.31. The minimum absolute atomic E-state index is 0.281. The monoisotopic (exact) mass is 259 g/mol. The van der Waals surface area contributed by atoms with Gasteiger partial charge in [0.1, 0.15) is 0 Å². The highest BCUT2D eigenvalue weighted by Crippen LogP contribution is 2.21. The Balaban J connectivity index is 2.83. The van der Waals surface area contributed by atoms with E-state index in [1.807, 2.05) is 11.6 Å². The maximum Gasteiger partial charge on any atom is 0.0847 e. The lowest BCUT2D eigenvalue weighted by Crippen LogP contribution is -2.35.